The monoisotopic (exact) mass is 278 g/mol. The molecule has 0 bridgehead atoms. The Morgan fingerprint density at radius 2 is 2.40 bits per heavy atom. The zero-order valence-corrected chi connectivity index (χ0v) is 11.1. The maximum absolute atomic E-state index is 12.1. The minimum Gasteiger partial charge on any atom is -0.480 e. The molecule has 1 aromatic rings. The standard InChI is InChI=1S/C13H18N4O3/c1-2-5-17(10-3-4-10)13(20)16-11(12(18)19)6-9-7-14-8-15-9/h2,7-8,10-11H,1,3-6H2,(H,14,15)(H,16,20)(H,18,19)/t11-/m0/s1. The summed E-state index contributed by atoms with van der Waals surface area (Å²) in [6.07, 6.45) is 6.75. The molecule has 1 atom stereocenters. The normalized spacial score (nSPS) is 15.4. The summed E-state index contributed by atoms with van der Waals surface area (Å²) in [5.74, 6) is -1.07. The molecule has 1 aromatic heterocycles. The van der Waals surface area contributed by atoms with E-state index in [1.165, 1.54) is 6.33 Å². The summed E-state index contributed by atoms with van der Waals surface area (Å²) in [6, 6.07) is -1.14. The van der Waals surface area contributed by atoms with Gasteiger partial charge < -0.3 is 20.3 Å². The van der Waals surface area contributed by atoms with E-state index in [-0.39, 0.29) is 18.5 Å². The van der Waals surface area contributed by atoms with Crippen molar-refractivity contribution in [3.8, 4) is 0 Å². The van der Waals surface area contributed by atoms with Gasteiger partial charge in [0.15, 0.2) is 0 Å². The van der Waals surface area contributed by atoms with E-state index >= 15 is 0 Å². The molecule has 1 heterocycles. The fraction of sp³-hybridized carbons (Fsp3) is 0.462. The van der Waals surface area contributed by atoms with E-state index < -0.39 is 12.0 Å². The van der Waals surface area contributed by atoms with Gasteiger partial charge in [-0.2, -0.15) is 0 Å². The number of aromatic amines is 1. The van der Waals surface area contributed by atoms with Crippen molar-refractivity contribution in [1.29, 1.82) is 0 Å². The molecule has 3 N–H and O–H groups in total. The summed E-state index contributed by atoms with van der Waals surface area (Å²) in [6.45, 7) is 4.04. The number of nitrogens with zero attached hydrogens (tertiary/aromatic N) is 2. The van der Waals surface area contributed by atoms with Gasteiger partial charge in [-0.25, -0.2) is 14.6 Å². The second-order valence-electron chi connectivity index (χ2n) is 4.79. The highest BCUT2D eigenvalue weighted by molar-refractivity contribution is 5.83. The third-order valence-electron chi connectivity index (χ3n) is 3.15. The minimum absolute atomic E-state index is 0.174. The largest absolute Gasteiger partial charge is 0.480 e. The van der Waals surface area contributed by atoms with E-state index in [9.17, 15) is 14.7 Å². The summed E-state index contributed by atoms with van der Waals surface area (Å²) in [7, 11) is 0. The van der Waals surface area contributed by atoms with Gasteiger partial charge in [-0.1, -0.05) is 6.08 Å². The number of hydrogen-bond donors (Lipinski definition) is 3. The fourth-order valence-corrected chi connectivity index (χ4v) is 1.97. The molecule has 1 aliphatic rings. The van der Waals surface area contributed by atoms with E-state index in [1.807, 2.05) is 0 Å². The summed E-state index contributed by atoms with van der Waals surface area (Å²) >= 11 is 0. The van der Waals surface area contributed by atoms with Crippen LogP contribution in [0.15, 0.2) is 25.2 Å². The number of carbonyl (C=O) groups is 2. The van der Waals surface area contributed by atoms with Crippen LogP contribution in [-0.4, -0.2) is 50.6 Å². The molecule has 0 radical (unpaired) electrons. The number of carboxylic acid groups (broad SMARTS) is 1. The molecular formula is C13H18N4O3. The number of rotatable bonds is 7. The van der Waals surface area contributed by atoms with Crippen molar-refractivity contribution in [1.82, 2.24) is 20.2 Å². The molecule has 2 rings (SSSR count). The molecule has 20 heavy (non-hydrogen) atoms. The molecule has 108 valence electrons. The van der Waals surface area contributed by atoms with Crippen LogP contribution in [0.4, 0.5) is 4.79 Å². The van der Waals surface area contributed by atoms with Gasteiger partial charge in [0.1, 0.15) is 6.04 Å². The van der Waals surface area contributed by atoms with E-state index in [0.29, 0.717) is 12.2 Å². The first kappa shape index (κ1) is 14.1. The Labute approximate surface area is 116 Å². The van der Waals surface area contributed by atoms with Crippen molar-refractivity contribution in [2.24, 2.45) is 0 Å². The third kappa shape index (κ3) is 3.59. The number of amides is 2. The number of aliphatic carboxylic acids is 1. The van der Waals surface area contributed by atoms with Crippen LogP contribution in [0.2, 0.25) is 0 Å². The predicted molar refractivity (Wildman–Crippen MR) is 72.2 cm³/mol. The maximum atomic E-state index is 12.1. The molecule has 1 saturated carbocycles. The van der Waals surface area contributed by atoms with Gasteiger partial charge in [-0.15, -0.1) is 6.58 Å². The van der Waals surface area contributed by atoms with Gasteiger partial charge in [0.2, 0.25) is 0 Å². The van der Waals surface area contributed by atoms with Crippen LogP contribution in [-0.2, 0) is 11.2 Å². The number of imidazole rings is 1. The highest BCUT2D eigenvalue weighted by atomic mass is 16.4. The van der Waals surface area contributed by atoms with E-state index in [1.54, 1.807) is 17.2 Å². The van der Waals surface area contributed by atoms with Crippen molar-refractivity contribution in [2.45, 2.75) is 31.3 Å². The van der Waals surface area contributed by atoms with E-state index in [2.05, 4.69) is 21.9 Å². The molecule has 1 aliphatic carbocycles. The highest BCUT2D eigenvalue weighted by Crippen LogP contribution is 2.26. The van der Waals surface area contributed by atoms with Crippen molar-refractivity contribution in [2.75, 3.05) is 6.54 Å². The predicted octanol–water partition coefficient (Wildman–Crippen LogP) is 0.765. The van der Waals surface area contributed by atoms with Crippen molar-refractivity contribution in [3.63, 3.8) is 0 Å². The lowest BCUT2D eigenvalue weighted by atomic mass is 10.1. The number of hydrogen-bond acceptors (Lipinski definition) is 3. The topological polar surface area (TPSA) is 98.3 Å². The van der Waals surface area contributed by atoms with Crippen LogP contribution < -0.4 is 5.32 Å². The molecule has 7 nitrogen and oxygen atoms in total. The molecule has 0 aromatic carbocycles. The third-order valence-corrected chi connectivity index (χ3v) is 3.15. The Hall–Kier alpha value is -2.31. The van der Waals surface area contributed by atoms with Gasteiger partial charge >= 0.3 is 12.0 Å². The molecule has 0 aliphatic heterocycles. The lowest BCUT2D eigenvalue weighted by Crippen LogP contribution is -2.49. The summed E-state index contributed by atoms with van der Waals surface area (Å²) in [5, 5.41) is 11.8. The second-order valence-corrected chi connectivity index (χ2v) is 4.79. The minimum atomic E-state index is -1.07. The number of urea groups is 1. The Balaban J connectivity index is 1.97. The maximum Gasteiger partial charge on any atom is 0.326 e. The SMILES string of the molecule is C=CCN(C(=O)N[C@@H](Cc1cnc[nH]1)C(=O)O)C1CC1. The Kier molecular flexibility index (Phi) is 4.39. The van der Waals surface area contributed by atoms with Gasteiger partial charge in [-0.05, 0) is 12.8 Å². The summed E-state index contributed by atoms with van der Waals surface area (Å²) in [5.41, 5.74) is 0.666. The van der Waals surface area contributed by atoms with Crippen LogP contribution in [0.5, 0.6) is 0 Å². The van der Waals surface area contributed by atoms with Crippen LogP contribution in [0.1, 0.15) is 18.5 Å². The van der Waals surface area contributed by atoms with Crippen LogP contribution in [0, 0.1) is 0 Å². The lowest BCUT2D eigenvalue weighted by Gasteiger charge is -2.23. The molecule has 0 saturated heterocycles. The van der Waals surface area contributed by atoms with E-state index in [0.717, 1.165) is 12.8 Å². The van der Waals surface area contributed by atoms with Crippen molar-refractivity contribution < 1.29 is 14.7 Å². The summed E-state index contributed by atoms with van der Waals surface area (Å²) < 4.78 is 0. The first-order valence-electron chi connectivity index (χ1n) is 6.50. The van der Waals surface area contributed by atoms with Crippen molar-refractivity contribution >= 4 is 12.0 Å². The zero-order chi connectivity index (χ0) is 14.5. The van der Waals surface area contributed by atoms with Crippen LogP contribution in [0.3, 0.4) is 0 Å². The average molecular weight is 278 g/mol. The van der Waals surface area contributed by atoms with Crippen molar-refractivity contribution in [3.05, 3.63) is 30.9 Å². The van der Waals surface area contributed by atoms with Crippen LogP contribution in [0.25, 0.3) is 0 Å². The number of nitrogens with one attached hydrogen (secondary N) is 2. The molecule has 7 heteroatoms. The Bertz CT molecular complexity index is 482. The first-order valence-corrected chi connectivity index (χ1v) is 6.50. The fourth-order valence-electron chi connectivity index (χ4n) is 1.97. The Morgan fingerprint density at radius 1 is 1.65 bits per heavy atom. The Morgan fingerprint density at radius 3 is 2.90 bits per heavy atom. The van der Waals surface area contributed by atoms with Gasteiger partial charge in [0.05, 0.1) is 6.33 Å². The quantitative estimate of drug-likeness (QED) is 0.641. The zero-order valence-electron chi connectivity index (χ0n) is 11.1. The van der Waals surface area contributed by atoms with Gasteiger partial charge in [0, 0.05) is 30.9 Å². The summed E-state index contributed by atoms with van der Waals surface area (Å²) in [4.78, 5) is 31.7. The number of carboxylic acids is 1. The molecule has 0 spiro atoms. The molecule has 1 fully saturated rings. The van der Waals surface area contributed by atoms with E-state index in [4.69, 9.17) is 0 Å². The smallest absolute Gasteiger partial charge is 0.326 e. The van der Waals surface area contributed by atoms with Crippen LogP contribution >= 0.6 is 0 Å². The second kappa shape index (κ2) is 6.23. The highest BCUT2D eigenvalue weighted by Gasteiger charge is 2.33. The number of aromatic nitrogens is 2. The van der Waals surface area contributed by atoms with Gasteiger partial charge in [0.25, 0.3) is 0 Å². The lowest BCUT2D eigenvalue weighted by molar-refractivity contribution is -0.139. The molecule has 2 amide bonds. The average Bonchev–Trinajstić information content (AvgIpc) is 3.12. The van der Waals surface area contributed by atoms with Gasteiger partial charge in [-0.3, -0.25) is 0 Å². The molecular weight excluding hydrogens is 260 g/mol. The number of carbonyl (C=O) groups excluding carboxylic acids is 1. The first-order chi connectivity index (χ1) is 9.61. The molecule has 0 unspecified atom stereocenters. The number of H-pyrrole nitrogens is 1.